The minimum atomic E-state index is -0.158. The zero-order valence-electron chi connectivity index (χ0n) is 11.3. The van der Waals surface area contributed by atoms with E-state index in [4.69, 9.17) is 4.42 Å². The molecule has 21 heavy (non-hydrogen) atoms. The summed E-state index contributed by atoms with van der Waals surface area (Å²) >= 11 is 0. The molecule has 0 aliphatic carbocycles. The lowest BCUT2D eigenvalue weighted by molar-refractivity contribution is -0.120. The maximum atomic E-state index is 11.9. The minimum absolute atomic E-state index is 0.158. The molecule has 3 aromatic rings. The maximum absolute atomic E-state index is 11.9. The van der Waals surface area contributed by atoms with E-state index < -0.39 is 0 Å². The lowest BCUT2D eigenvalue weighted by atomic mass is 10.0. The predicted molar refractivity (Wildman–Crippen MR) is 82.1 cm³/mol. The molecule has 0 unspecified atom stereocenters. The van der Waals surface area contributed by atoms with Gasteiger partial charge in [-0.15, -0.1) is 0 Å². The molecule has 0 fully saturated rings. The fourth-order valence-corrected chi connectivity index (χ4v) is 2.19. The Labute approximate surface area is 122 Å². The van der Waals surface area contributed by atoms with E-state index in [1.165, 1.54) is 6.21 Å². The highest BCUT2D eigenvalue weighted by Gasteiger charge is 2.05. The normalized spacial score (nSPS) is 11.0. The van der Waals surface area contributed by atoms with Crippen molar-refractivity contribution in [2.75, 3.05) is 0 Å². The molecule has 0 atom stereocenters. The molecule has 0 saturated carbocycles. The van der Waals surface area contributed by atoms with Crippen molar-refractivity contribution in [1.82, 2.24) is 5.43 Å². The Balaban J connectivity index is 1.69. The van der Waals surface area contributed by atoms with Gasteiger partial charge in [0.15, 0.2) is 0 Å². The van der Waals surface area contributed by atoms with E-state index in [9.17, 15) is 4.79 Å². The van der Waals surface area contributed by atoms with Gasteiger partial charge in [0.2, 0.25) is 5.91 Å². The second-order valence-electron chi connectivity index (χ2n) is 4.62. The quantitative estimate of drug-likeness (QED) is 0.589. The van der Waals surface area contributed by atoms with Gasteiger partial charge < -0.3 is 4.42 Å². The number of hydrazone groups is 1. The van der Waals surface area contributed by atoms with Crippen LogP contribution in [0.1, 0.15) is 11.3 Å². The highest BCUT2D eigenvalue weighted by Crippen LogP contribution is 2.18. The van der Waals surface area contributed by atoms with Gasteiger partial charge in [0.25, 0.3) is 0 Å². The number of hydrogen-bond donors (Lipinski definition) is 1. The first-order chi connectivity index (χ1) is 10.3. The molecule has 1 N–H and O–H groups in total. The highest BCUT2D eigenvalue weighted by atomic mass is 16.3. The number of fused-ring (bicyclic) bond motifs is 1. The zero-order valence-corrected chi connectivity index (χ0v) is 11.3. The minimum Gasteiger partial charge on any atom is -0.463 e. The van der Waals surface area contributed by atoms with E-state index >= 15 is 0 Å². The summed E-state index contributed by atoms with van der Waals surface area (Å²) < 4.78 is 5.09. The Morgan fingerprint density at radius 2 is 1.95 bits per heavy atom. The van der Waals surface area contributed by atoms with Crippen LogP contribution in [0.2, 0.25) is 0 Å². The SMILES string of the molecule is O=C(Cc1cccc2ccccc12)N/N=C/c1ccco1. The third kappa shape index (κ3) is 3.17. The van der Waals surface area contributed by atoms with Gasteiger partial charge in [0.1, 0.15) is 5.76 Å². The number of amides is 1. The van der Waals surface area contributed by atoms with Crippen molar-refractivity contribution in [1.29, 1.82) is 0 Å². The number of hydrogen-bond acceptors (Lipinski definition) is 3. The number of benzene rings is 2. The predicted octanol–water partition coefficient (Wildman–Crippen LogP) is 3.13. The van der Waals surface area contributed by atoms with Gasteiger partial charge in [-0.05, 0) is 28.5 Å². The molecule has 0 bridgehead atoms. The van der Waals surface area contributed by atoms with Crippen molar-refractivity contribution < 1.29 is 9.21 Å². The molecule has 1 aromatic heterocycles. The summed E-state index contributed by atoms with van der Waals surface area (Å²) in [6.45, 7) is 0. The molecule has 104 valence electrons. The molecular weight excluding hydrogens is 264 g/mol. The third-order valence-corrected chi connectivity index (χ3v) is 3.16. The van der Waals surface area contributed by atoms with E-state index in [1.807, 2.05) is 42.5 Å². The average molecular weight is 278 g/mol. The number of furan rings is 1. The highest BCUT2D eigenvalue weighted by molar-refractivity contribution is 5.90. The Morgan fingerprint density at radius 3 is 2.81 bits per heavy atom. The summed E-state index contributed by atoms with van der Waals surface area (Å²) in [6, 6.07) is 17.5. The van der Waals surface area contributed by atoms with Crippen LogP contribution in [0.15, 0.2) is 70.4 Å². The molecule has 0 aliphatic rings. The molecule has 1 heterocycles. The van der Waals surface area contributed by atoms with E-state index in [2.05, 4.69) is 10.5 Å². The van der Waals surface area contributed by atoms with Crippen molar-refractivity contribution in [2.24, 2.45) is 5.10 Å². The fraction of sp³-hybridized carbons (Fsp3) is 0.0588. The van der Waals surface area contributed by atoms with Crippen molar-refractivity contribution >= 4 is 22.9 Å². The van der Waals surface area contributed by atoms with Crippen molar-refractivity contribution in [2.45, 2.75) is 6.42 Å². The smallest absolute Gasteiger partial charge is 0.244 e. The van der Waals surface area contributed by atoms with Crippen LogP contribution in [0.4, 0.5) is 0 Å². The van der Waals surface area contributed by atoms with Crippen LogP contribution in [-0.2, 0) is 11.2 Å². The Kier molecular flexibility index (Phi) is 3.78. The Morgan fingerprint density at radius 1 is 1.10 bits per heavy atom. The molecule has 3 rings (SSSR count). The third-order valence-electron chi connectivity index (χ3n) is 3.16. The van der Waals surface area contributed by atoms with Gasteiger partial charge >= 0.3 is 0 Å². The first-order valence-corrected chi connectivity index (χ1v) is 6.65. The number of nitrogens with zero attached hydrogens (tertiary/aromatic N) is 1. The summed E-state index contributed by atoms with van der Waals surface area (Å²) in [5, 5.41) is 6.09. The van der Waals surface area contributed by atoms with Crippen LogP contribution in [0, 0.1) is 0 Å². The molecule has 1 amide bonds. The van der Waals surface area contributed by atoms with Gasteiger partial charge in [0.05, 0.1) is 18.9 Å². The van der Waals surface area contributed by atoms with E-state index in [-0.39, 0.29) is 12.3 Å². The van der Waals surface area contributed by atoms with Gasteiger partial charge in [0, 0.05) is 0 Å². The summed E-state index contributed by atoms with van der Waals surface area (Å²) in [7, 11) is 0. The summed E-state index contributed by atoms with van der Waals surface area (Å²) in [5.74, 6) is 0.439. The van der Waals surface area contributed by atoms with Crippen LogP contribution in [0.3, 0.4) is 0 Å². The Hall–Kier alpha value is -2.88. The number of nitrogens with one attached hydrogen (secondary N) is 1. The van der Waals surface area contributed by atoms with Crippen molar-refractivity contribution in [3.63, 3.8) is 0 Å². The Bertz CT molecular complexity index is 771. The zero-order chi connectivity index (χ0) is 14.5. The summed E-state index contributed by atoms with van der Waals surface area (Å²) in [4.78, 5) is 11.9. The van der Waals surface area contributed by atoms with E-state index in [0.717, 1.165) is 16.3 Å². The van der Waals surface area contributed by atoms with Crippen molar-refractivity contribution in [3.8, 4) is 0 Å². The number of carbonyl (C=O) groups is 1. The molecular formula is C17H14N2O2. The van der Waals surface area contributed by atoms with Crippen LogP contribution < -0.4 is 5.43 Å². The maximum Gasteiger partial charge on any atom is 0.244 e. The molecule has 4 nitrogen and oxygen atoms in total. The molecule has 2 aromatic carbocycles. The molecule has 0 radical (unpaired) electrons. The number of rotatable bonds is 4. The van der Waals surface area contributed by atoms with E-state index in [1.54, 1.807) is 18.4 Å². The largest absolute Gasteiger partial charge is 0.463 e. The number of carbonyl (C=O) groups excluding carboxylic acids is 1. The standard InChI is InChI=1S/C17H14N2O2/c20-17(19-18-12-15-8-4-10-21-15)11-14-7-3-6-13-5-1-2-9-16(13)14/h1-10,12H,11H2,(H,19,20)/b18-12+. The second kappa shape index (κ2) is 6.05. The van der Waals surface area contributed by atoms with Crippen LogP contribution >= 0.6 is 0 Å². The molecule has 0 saturated heterocycles. The van der Waals surface area contributed by atoms with Crippen LogP contribution in [-0.4, -0.2) is 12.1 Å². The molecule has 0 aliphatic heterocycles. The van der Waals surface area contributed by atoms with E-state index in [0.29, 0.717) is 5.76 Å². The lowest BCUT2D eigenvalue weighted by Gasteiger charge is -2.05. The first kappa shape index (κ1) is 13.1. The second-order valence-corrected chi connectivity index (χ2v) is 4.62. The van der Waals surface area contributed by atoms with Crippen molar-refractivity contribution in [3.05, 3.63) is 72.2 Å². The topological polar surface area (TPSA) is 54.6 Å². The van der Waals surface area contributed by atoms with Gasteiger partial charge in [-0.3, -0.25) is 4.79 Å². The monoisotopic (exact) mass is 278 g/mol. The van der Waals surface area contributed by atoms with Gasteiger partial charge in [-0.1, -0.05) is 42.5 Å². The molecule has 0 spiro atoms. The van der Waals surface area contributed by atoms with Gasteiger partial charge in [-0.25, -0.2) is 5.43 Å². The fourth-order valence-electron chi connectivity index (χ4n) is 2.19. The summed E-state index contributed by atoms with van der Waals surface area (Å²) in [5.41, 5.74) is 3.49. The average Bonchev–Trinajstić information content (AvgIpc) is 3.01. The van der Waals surface area contributed by atoms with Gasteiger partial charge in [-0.2, -0.15) is 5.10 Å². The van der Waals surface area contributed by atoms with Crippen LogP contribution in [0.5, 0.6) is 0 Å². The lowest BCUT2D eigenvalue weighted by Crippen LogP contribution is -2.19. The molecule has 4 heteroatoms. The summed E-state index contributed by atoms with van der Waals surface area (Å²) in [6.07, 6.45) is 3.32. The first-order valence-electron chi connectivity index (χ1n) is 6.65. The van der Waals surface area contributed by atoms with Crippen LogP contribution in [0.25, 0.3) is 10.8 Å².